The molecule has 0 aliphatic carbocycles. The highest BCUT2D eigenvalue weighted by Crippen LogP contribution is 2.31. The van der Waals surface area contributed by atoms with Gasteiger partial charge in [-0.15, -0.1) is 0 Å². The molecule has 0 aliphatic heterocycles. The first-order chi connectivity index (χ1) is 10.6. The third kappa shape index (κ3) is 2.81. The molecule has 0 saturated carbocycles. The van der Waals surface area contributed by atoms with Crippen LogP contribution in [0, 0.1) is 18.6 Å². The van der Waals surface area contributed by atoms with Gasteiger partial charge in [0.15, 0.2) is 0 Å². The van der Waals surface area contributed by atoms with E-state index in [9.17, 15) is 8.78 Å². The lowest BCUT2D eigenvalue weighted by Crippen LogP contribution is -2.02. The summed E-state index contributed by atoms with van der Waals surface area (Å²) in [5.41, 5.74) is 1.88. The van der Waals surface area contributed by atoms with E-state index in [-0.39, 0.29) is 5.56 Å². The molecule has 3 aromatic rings. The van der Waals surface area contributed by atoms with Gasteiger partial charge in [0, 0.05) is 18.2 Å². The third-order valence-corrected chi connectivity index (χ3v) is 4.27. The van der Waals surface area contributed by atoms with Crippen LogP contribution in [0.4, 0.5) is 8.78 Å². The van der Waals surface area contributed by atoms with Gasteiger partial charge in [-0.2, -0.15) is 0 Å². The summed E-state index contributed by atoms with van der Waals surface area (Å²) in [6.45, 7) is 2.49. The predicted molar refractivity (Wildman–Crippen MR) is 85.6 cm³/mol. The van der Waals surface area contributed by atoms with E-state index in [2.05, 4.69) is 20.9 Å². The largest absolute Gasteiger partial charge is 0.318 e. The Labute approximate surface area is 135 Å². The van der Waals surface area contributed by atoms with Crippen molar-refractivity contribution in [3.8, 4) is 11.3 Å². The van der Waals surface area contributed by atoms with Gasteiger partial charge >= 0.3 is 0 Å². The van der Waals surface area contributed by atoms with E-state index >= 15 is 0 Å². The average molecular weight is 363 g/mol. The fourth-order valence-electron chi connectivity index (χ4n) is 2.34. The molecule has 1 heterocycles. The Bertz CT molecular complexity index is 813. The number of imidazole rings is 1. The zero-order valence-electron chi connectivity index (χ0n) is 11.9. The van der Waals surface area contributed by atoms with Gasteiger partial charge in [-0.05, 0) is 40.5 Å². The van der Waals surface area contributed by atoms with Crippen molar-refractivity contribution < 1.29 is 8.78 Å². The van der Waals surface area contributed by atoms with Gasteiger partial charge in [-0.25, -0.2) is 13.8 Å². The lowest BCUT2D eigenvalue weighted by atomic mass is 10.1. The maximum atomic E-state index is 14.0. The van der Waals surface area contributed by atoms with Gasteiger partial charge in [0.25, 0.3) is 0 Å². The first-order valence-corrected chi connectivity index (χ1v) is 7.57. The number of aromatic nitrogens is 2. The molecule has 0 atom stereocenters. The normalized spacial score (nSPS) is 10.9. The van der Waals surface area contributed by atoms with Crippen LogP contribution in [0.3, 0.4) is 0 Å². The number of halogens is 3. The summed E-state index contributed by atoms with van der Waals surface area (Å²) in [6.07, 6.45) is 0. The highest BCUT2D eigenvalue weighted by Gasteiger charge is 2.17. The summed E-state index contributed by atoms with van der Waals surface area (Å²) in [5, 5.41) is 0. The van der Waals surface area contributed by atoms with Gasteiger partial charge < -0.3 is 4.57 Å². The van der Waals surface area contributed by atoms with Gasteiger partial charge in [0.05, 0.1) is 0 Å². The first kappa shape index (κ1) is 14.9. The summed E-state index contributed by atoms with van der Waals surface area (Å²) in [4.78, 5) is 4.42. The van der Waals surface area contributed by atoms with Crippen LogP contribution in [-0.4, -0.2) is 9.55 Å². The third-order valence-electron chi connectivity index (χ3n) is 3.47. The molecule has 1 aromatic heterocycles. The van der Waals surface area contributed by atoms with E-state index in [4.69, 9.17) is 0 Å². The van der Waals surface area contributed by atoms with Crippen molar-refractivity contribution in [2.45, 2.75) is 13.5 Å². The van der Waals surface area contributed by atoms with Crippen LogP contribution in [0.5, 0.6) is 0 Å². The maximum Gasteiger partial charge on any atom is 0.135 e. The Hall–Kier alpha value is -2.01. The SMILES string of the molecule is Cc1nc(-c2ccc(F)cc2F)c(Br)n1Cc1ccccc1. The summed E-state index contributed by atoms with van der Waals surface area (Å²) < 4.78 is 29.7. The molecule has 0 unspecified atom stereocenters. The quantitative estimate of drug-likeness (QED) is 0.644. The highest BCUT2D eigenvalue weighted by atomic mass is 79.9. The molecule has 0 radical (unpaired) electrons. The number of benzene rings is 2. The minimum absolute atomic E-state index is 0.281. The van der Waals surface area contributed by atoms with E-state index in [1.54, 1.807) is 0 Å². The van der Waals surface area contributed by atoms with Crippen molar-refractivity contribution in [2.75, 3.05) is 0 Å². The highest BCUT2D eigenvalue weighted by molar-refractivity contribution is 9.10. The minimum atomic E-state index is -0.620. The van der Waals surface area contributed by atoms with Gasteiger partial charge in [-0.1, -0.05) is 30.3 Å². The molecule has 0 saturated heterocycles. The van der Waals surface area contributed by atoms with Crippen LogP contribution >= 0.6 is 15.9 Å². The standard InChI is InChI=1S/C17H13BrF2N2/c1-11-21-16(14-8-7-13(19)9-15(14)20)17(18)22(11)10-12-5-3-2-4-6-12/h2-9H,10H2,1H3. The second-order valence-corrected chi connectivity index (χ2v) is 5.75. The van der Waals surface area contributed by atoms with Crippen LogP contribution in [0.1, 0.15) is 11.4 Å². The van der Waals surface area contributed by atoms with Crippen LogP contribution in [-0.2, 0) is 6.54 Å². The summed E-state index contributed by atoms with van der Waals surface area (Å²) in [6, 6.07) is 13.4. The number of nitrogens with zero attached hydrogens (tertiary/aromatic N) is 2. The van der Waals surface area contributed by atoms with E-state index < -0.39 is 11.6 Å². The van der Waals surface area contributed by atoms with E-state index in [0.717, 1.165) is 17.5 Å². The fraction of sp³-hybridized carbons (Fsp3) is 0.118. The second-order valence-electron chi connectivity index (χ2n) is 4.99. The van der Waals surface area contributed by atoms with Crippen molar-refractivity contribution >= 4 is 15.9 Å². The van der Waals surface area contributed by atoms with E-state index in [1.165, 1.54) is 12.1 Å². The van der Waals surface area contributed by atoms with Crippen molar-refractivity contribution in [3.05, 3.63) is 76.2 Å². The van der Waals surface area contributed by atoms with Crippen molar-refractivity contribution in [3.63, 3.8) is 0 Å². The Morgan fingerprint density at radius 3 is 2.50 bits per heavy atom. The van der Waals surface area contributed by atoms with Gasteiger partial charge in [0.1, 0.15) is 27.8 Å². The molecule has 0 spiro atoms. The molecule has 0 amide bonds. The Morgan fingerprint density at radius 1 is 1.09 bits per heavy atom. The molecule has 22 heavy (non-hydrogen) atoms. The molecule has 2 nitrogen and oxygen atoms in total. The van der Waals surface area contributed by atoms with Crippen LogP contribution in [0.15, 0.2) is 53.1 Å². The average Bonchev–Trinajstić information content (AvgIpc) is 2.76. The number of aryl methyl sites for hydroxylation is 1. The van der Waals surface area contributed by atoms with E-state index in [1.807, 2.05) is 41.8 Å². The zero-order chi connectivity index (χ0) is 15.7. The fourth-order valence-corrected chi connectivity index (χ4v) is 3.03. The maximum absolute atomic E-state index is 14.0. The molecule has 5 heteroatoms. The van der Waals surface area contributed by atoms with Gasteiger partial charge in [-0.3, -0.25) is 0 Å². The topological polar surface area (TPSA) is 17.8 Å². The van der Waals surface area contributed by atoms with Crippen LogP contribution < -0.4 is 0 Å². The monoisotopic (exact) mass is 362 g/mol. The van der Waals surface area contributed by atoms with E-state index in [0.29, 0.717) is 16.8 Å². The van der Waals surface area contributed by atoms with Crippen LogP contribution in [0.2, 0.25) is 0 Å². The molecule has 112 valence electrons. The van der Waals surface area contributed by atoms with Crippen molar-refractivity contribution in [1.82, 2.24) is 9.55 Å². The number of hydrogen-bond donors (Lipinski definition) is 0. The number of rotatable bonds is 3. The predicted octanol–water partition coefficient (Wildman–Crippen LogP) is 4.95. The summed E-state index contributed by atoms with van der Waals surface area (Å²) in [5.74, 6) is -0.461. The molecule has 2 aromatic carbocycles. The number of hydrogen-bond acceptors (Lipinski definition) is 1. The molecule has 0 N–H and O–H groups in total. The van der Waals surface area contributed by atoms with Gasteiger partial charge in [0.2, 0.25) is 0 Å². The Balaban J connectivity index is 2.03. The van der Waals surface area contributed by atoms with Crippen LogP contribution in [0.25, 0.3) is 11.3 Å². The molecular formula is C17H13BrF2N2. The molecule has 3 rings (SSSR count). The lowest BCUT2D eigenvalue weighted by Gasteiger charge is -2.07. The minimum Gasteiger partial charge on any atom is -0.318 e. The summed E-state index contributed by atoms with van der Waals surface area (Å²) >= 11 is 3.49. The summed E-state index contributed by atoms with van der Waals surface area (Å²) in [7, 11) is 0. The molecule has 0 fully saturated rings. The molecular weight excluding hydrogens is 350 g/mol. The lowest BCUT2D eigenvalue weighted by molar-refractivity contribution is 0.585. The molecule has 0 aliphatic rings. The first-order valence-electron chi connectivity index (χ1n) is 6.78. The van der Waals surface area contributed by atoms with Crippen molar-refractivity contribution in [1.29, 1.82) is 0 Å². The molecule has 0 bridgehead atoms. The smallest absolute Gasteiger partial charge is 0.135 e. The second kappa shape index (κ2) is 6.01. The Morgan fingerprint density at radius 2 is 1.82 bits per heavy atom. The van der Waals surface area contributed by atoms with Crippen molar-refractivity contribution in [2.24, 2.45) is 0 Å². The zero-order valence-corrected chi connectivity index (χ0v) is 13.4. The Kier molecular flexibility index (Phi) is 4.07.